The van der Waals surface area contributed by atoms with E-state index in [1.54, 1.807) is 23.5 Å². The summed E-state index contributed by atoms with van der Waals surface area (Å²) in [5, 5.41) is 5.80. The zero-order valence-corrected chi connectivity index (χ0v) is 18.7. The molecule has 0 saturated carbocycles. The van der Waals surface area contributed by atoms with Gasteiger partial charge >= 0.3 is 0 Å². The maximum Gasteiger partial charge on any atom is 0.253 e. The number of rotatable bonds is 5. The predicted octanol–water partition coefficient (Wildman–Crippen LogP) is 4.63. The fourth-order valence-corrected chi connectivity index (χ4v) is 7.21. The van der Waals surface area contributed by atoms with Gasteiger partial charge in [-0.2, -0.15) is 4.31 Å². The van der Waals surface area contributed by atoms with Crippen LogP contribution < -0.4 is 5.32 Å². The lowest BCUT2D eigenvalue weighted by molar-refractivity contribution is -0.119. The number of thiophene rings is 1. The Kier molecular flexibility index (Phi) is 5.76. The van der Waals surface area contributed by atoms with Gasteiger partial charge in [-0.25, -0.2) is 13.4 Å². The second-order valence-electron chi connectivity index (χ2n) is 6.65. The first-order valence-corrected chi connectivity index (χ1v) is 12.5. The van der Waals surface area contributed by atoms with E-state index in [1.807, 2.05) is 30.5 Å². The zero-order chi connectivity index (χ0) is 20.6. The minimum absolute atomic E-state index is 0.156. The molecule has 6 nitrogen and oxygen atoms in total. The molecule has 1 aromatic carbocycles. The summed E-state index contributed by atoms with van der Waals surface area (Å²) >= 11 is 8.46. The minimum atomic E-state index is -3.75. The summed E-state index contributed by atoms with van der Waals surface area (Å²) in [6.07, 6.45) is 1.11. The van der Waals surface area contributed by atoms with Gasteiger partial charge in [0, 0.05) is 23.2 Å². The maximum absolute atomic E-state index is 12.9. The van der Waals surface area contributed by atoms with Gasteiger partial charge in [-0.3, -0.25) is 4.79 Å². The number of thiazole rings is 1. The summed E-state index contributed by atoms with van der Waals surface area (Å²) in [5.74, 6) is -0.333. The van der Waals surface area contributed by atoms with Crippen molar-refractivity contribution in [3.05, 3.63) is 51.1 Å². The quantitative estimate of drug-likeness (QED) is 0.593. The van der Waals surface area contributed by atoms with Crippen LogP contribution in [0, 0.1) is 6.92 Å². The van der Waals surface area contributed by atoms with E-state index in [4.69, 9.17) is 11.6 Å². The van der Waals surface area contributed by atoms with Crippen LogP contribution in [0.2, 0.25) is 4.34 Å². The van der Waals surface area contributed by atoms with Crippen molar-refractivity contribution in [1.29, 1.82) is 0 Å². The van der Waals surface area contributed by atoms with Crippen LogP contribution in [0.5, 0.6) is 0 Å². The van der Waals surface area contributed by atoms with Gasteiger partial charge < -0.3 is 5.32 Å². The molecular formula is C19H18ClN3O3S3. The Hall–Kier alpha value is -1.78. The van der Waals surface area contributed by atoms with E-state index in [9.17, 15) is 13.2 Å². The average molecular weight is 468 g/mol. The summed E-state index contributed by atoms with van der Waals surface area (Å²) in [5.41, 5.74) is 2.36. The number of benzene rings is 1. The highest BCUT2D eigenvalue weighted by Crippen LogP contribution is 2.33. The van der Waals surface area contributed by atoms with E-state index in [1.165, 1.54) is 10.4 Å². The van der Waals surface area contributed by atoms with Crippen LogP contribution in [-0.2, 0) is 14.8 Å². The predicted molar refractivity (Wildman–Crippen MR) is 117 cm³/mol. The molecule has 0 bridgehead atoms. The van der Waals surface area contributed by atoms with Gasteiger partial charge in [0.1, 0.15) is 10.3 Å². The van der Waals surface area contributed by atoms with Gasteiger partial charge in [-0.1, -0.05) is 23.7 Å². The van der Waals surface area contributed by atoms with Crippen molar-refractivity contribution in [3.8, 4) is 11.3 Å². The van der Waals surface area contributed by atoms with Crippen LogP contribution in [0.15, 0.2) is 46.0 Å². The fourth-order valence-electron chi connectivity index (χ4n) is 3.32. The number of aryl methyl sites for hydroxylation is 1. The number of hydrogen-bond donors (Lipinski definition) is 1. The van der Waals surface area contributed by atoms with Gasteiger partial charge in [-0.15, -0.1) is 22.7 Å². The molecule has 1 aliphatic rings. The largest absolute Gasteiger partial charge is 0.325 e. The Morgan fingerprint density at radius 2 is 2.14 bits per heavy atom. The van der Waals surface area contributed by atoms with E-state index in [0.29, 0.717) is 29.4 Å². The summed E-state index contributed by atoms with van der Waals surface area (Å²) in [6, 6.07) is 9.69. The molecular weight excluding hydrogens is 450 g/mol. The van der Waals surface area contributed by atoms with Crippen molar-refractivity contribution in [2.45, 2.75) is 30.0 Å². The standard InChI is InChI=1S/C19H18ClN3O3S3/c1-12-21-15(11-27-12)13-4-2-5-14(10-13)22-19(24)16-6-3-9-23(16)29(25,26)18-8-7-17(20)28-18/h2,4-5,7-8,10-11,16H,3,6,9H2,1H3,(H,22,24). The summed E-state index contributed by atoms with van der Waals surface area (Å²) in [6.45, 7) is 2.25. The first-order valence-electron chi connectivity index (χ1n) is 8.95. The molecule has 152 valence electrons. The zero-order valence-electron chi connectivity index (χ0n) is 15.5. The number of carbonyl (C=O) groups is 1. The summed E-state index contributed by atoms with van der Waals surface area (Å²) < 4.78 is 27.7. The Balaban J connectivity index is 1.54. The lowest BCUT2D eigenvalue weighted by Crippen LogP contribution is -2.42. The average Bonchev–Trinajstić information content (AvgIpc) is 3.42. The number of sulfonamides is 1. The van der Waals surface area contributed by atoms with Crippen molar-refractivity contribution >= 4 is 55.9 Å². The molecule has 1 fully saturated rings. The number of halogens is 1. The van der Waals surface area contributed by atoms with E-state index < -0.39 is 16.1 Å². The normalized spacial score (nSPS) is 17.5. The highest BCUT2D eigenvalue weighted by molar-refractivity contribution is 7.91. The molecule has 1 saturated heterocycles. The monoisotopic (exact) mass is 467 g/mol. The molecule has 1 atom stereocenters. The maximum atomic E-state index is 12.9. The molecule has 2 aromatic heterocycles. The SMILES string of the molecule is Cc1nc(-c2cccc(NC(=O)C3CCCN3S(=O)(=O)c3ccc(Cl)s3)c2)cs1. The number of aromatic nitrogens is 1. The number of anilines is 1. The van der Waals surface area contributed by atoms with Gasteiger partial charge in [0.25, 0.3) is 10.0 Å². The van der Waals surface area contributed by atoms with Gasteiger partial charge in [-0.05, 0) is 44.0 Å². The van der Waals surface area contributed by atoms with Gasteiger partial charge in [0.2, 0.25) is 5.91 Å². The molecule has 1 amide bonds. The smallest absolute Gasteiger partial charge is 0.253 e. The van der Waals surface area contributed by atoms with E-state index >= 15 is 0 Å². The number of carbonyl (C=O) groups excluding carboxylic acids is 1. The third kappa shape index (κ3) is 4.24. The number of nitrogens with one attached hydrogen (secondary N) is 1. The van der Waals surface area contributed by atoms with E-state index in [-0.39, 0.29) is 10.1 Å². The van der Waals surface area contributed by atoms with Gasteiger partial charge in [0.05, 0.1) is 15.0 Å². The third-order valence-corrected chi connectivity index (χ3v) is 9.04. The molecule has 1 N–H and O–H groups in total. The van der Waals surface area contributed by atoms with Crippen LogP contribution in [0.4, 0.5) is 5.69 Å². The second-order valence-corrected chi connectivity index (χ2v) is 11.5. The molecule has 1 unspecified atom stereocenters. The fraction of sp³-hybridized carbons (Fsp3) is 0.263. The van der Waals surface area contributed by atoms with Gasteiger partial charge in [0.15, 0.2) is 0 Å². The molecule has 29 heavy (non-hydrogen) atoms. The molecule has 3 heterocycles. The summed E-state index contributed by atoms with van der Waals surface area (Å²) in [4.78, 5) is 17.4. The Bertz CT molecular complexity index is 1160. The van der Waals surface area contributed by atoms with Crippen LogP contribution in [0.25, 0.3) is 11.3 Å². The first-order chi connectivity index (χ1) is 13.8. The van der Waals surface area contributed by atoms with Crippen molar-refractivity contribution in [1.82, 2.24) is 9.29 Å². The van der Waals surface area contributed by atoms with E-state index in [2.05, 4.69) is 10.3 Å². The first kappa shape index (κ1) is 20.5. The lowest BCUT2D eigenvalue weighted by atomic mass is 10.1. The molecule has 1 aliphatic heterocycles. The van der Waals surface area contributed by atoms with Crippen molar-refractivity contribution < 1.29 is 13.2 Å². The third-order valence-electron chi connectivity index (χ3n) is 4.66. The number of hydrogen-bond acceptors (Lipinski definition) is 6. The molecule has 3 aromatic rings. The Labute approximate surface area is 182 Å². The molecule has 0 spiro atoms. The second kappa shape index (κ2) is 8.16. The molecule has 10 heteroatoms. The molecule has 0 radical (unpaired) electrons. The summed E-state index contributed by atoms with van der Waals surface area (Å²) in [7, 11) is -3.75. The minimum Gasteiger partial charge on any atom is -0.325 e. The van der Waals surface area contributed by atoms with Crippen molar-refractivity contribution in [2.24, 2.45) is 0 Å². The number of amides is 1. The Morgan fingerprint density at radius 1 is 1.31 bits per heavy atom. The van der Waals surface area contributed by atoms with Crippen LogP contribution in [0.3, 0.4) is 0 Å². The van der Waals surface area contributed by atoms with Crippen molar-refractivity contribution in [3.63, 3.8) is 0 Å². The highest BCUT2D eigenvalue weighted by Gasteiger charge is 2.40. The number of nitrogens with zero attached hydrogens (tertiary/aromatic N) is 2. The molecule has 4 rings (SSSR count). The molecule has 0 aliphatic carbocycles. The lowest BCUT2D eigenvalue weighted by Gasteiger charge is -2.22. The van der Waals surface area contributed by atoms with Crippen molar-refractivity contribution in [2.75, 3.05) is 11.9 Å². The van der Waals surface area contributed by atoms with Crippen LogP contribution in [0.1, 0.15) is 17.8 Å². The topological polar surface area (TPSA) is 79.4 Å². The van der Waals surface area contributed by atoms with Crippen LogP contribution >= 0.6 is 34.3 Å². The van der Waals surface area contributed by atoms with Crippen LogP contribution in [-0.4, -0.2) is 36.2 Å². The Morgan fingerprint density at radius 3 is 2.83 bits per heavy atom. The van der Waals surface area contributed by atoms with E-state index in [0.717, 1.165) is 27.6 Å². The highest BCUT2D eigenvalue weighted by atomic mass is 35.5.